The molecule has 4 rings (SSSR count). The Morgan fingerprint density at radius 1 is 0.952 bits per heavy atom. The van der Waals surface area contributed by atoms with E-state index in [1.807, 2.05) is 18.2 Å². The number of fused-ring (bicyclic) bond motifs is 3. The summed E-state index contributed by atoms with van der Waals surface area (Å²) in [6, 6.07) is 17.1. The molecule has 1 aliphatic heterocycles. The Morgan fingerprint density at radius 3 is 2.76 bits per heavy atom. The normalized spacial score (nSPS) is 14.9. The van der Waals surface area contributed by atoms with Crippen molar-refractivity contribution in [3.8, 4) is 11.1 Å². The summed E-state index contributed by atoms with van der Waals surface area (Å²) in [6.07, 6.45) is 1.10. The lowest BCUT2D eigenvalue weighted by atomic mass is 10.0. The van der Waals surface area contributed by atoms with Gasteiger partial charge in [0.05, 0.1) is 0 Å². The molecule has 0 amide bonds. The van der Waals surface area contributed by atoms with Gasteiger partial charge in [0.1, 0.15) is 0 Å². The van der Waals surface area contributed by atoms with E-state index in [9.17, 15) is 0 Å². The number of aromatic nitrogens is 1. The SMILES string of the molecule is Clc1cccc(-c2ccc3c(c2)cc2n3CCNCC2)c1. The van der Waals surface area contributed by atoms with Crippen LogP contribution < -0.4 is 5.32 Å². The van der Waals surface area contributed by atoms with Crippen LogP contribution in [0.4, 0.5) is 0 Å². The van der Waals surface area contributed by atoms with Crippen molar-refractivity contribution in [2.45, 2.75) is 13.0 Å². The van der Waals surface area contributed by atoms with E-state index in [0.29, 0.717) is 0 Å². The Labute approximate surface area is 129 Å². The van der Waals surface area contributed by atoms with Gasteiger partial charge >= 0.3 is 0 Å². The Bertz CT molecular complexity index is 804. The highest BCUT2D eigenvalue weighted by molar-refractivity contribution is 6.30. The number of nitrogens with one attached hydrogen (secondary N) is 1. The molecule has 0 spiro atoms. The van der Waals surface area contributed by atoms with Crippen molar-refractivity contribution in [1.29, 1.82) is 0 Å². The molecule has 0 fully saturated rings. The van der Waals surface area contributed by atoms with Crippen molar-refractivity contribution >= 4 is 22.5 Å². The monoisotopic (exact) mass is 296 g/mol. The minimum absolute atomic E-state index is 0.784. The maximum absolute atomic E-state index is 6.10. The van der Waals surface area contributed by atoms with E-state index in [1.54, 1.807) is 0 Å². The number of benzene rings is 2. The summed E-state index contributed by atoms with van der Waals surface area (Å²) in [5.74, 6) is 0. The first kappa shape index (κ1) is 12.9. The van der Waals surface area contributed by atoms with Crippen LogP contribution in [0.3, 0.4) is 0 Å². The summed E-state index contributed by atoms with van der Waals surface area (Å²) in [6.45, 7) is 3.17. The van der Waals surface area contributed by atoms with Crippen molar-refractivity contribution in [2.75, 3.05) is 13.1 Å². The predicted octanol–water partition coefficient (Wildman–Crippen LogP) is 4.11. The summed E-state index contributed by atoms with van der Waals surface area (Å²) in [5, 5.41) is 5.56. The molecule has 0 aliphatic carbocycles. The molecule has 2 heterocycles. The smallest absolute Gasteiger partial charge is 0.0483 e. The van der Waals surface area contributed by atoms with Crippen LogP contribution in [0.15, 0.2) is 48.5 Å². The van der Waals surface area contributed by atoms with Gasteiger partial charge in [0.15, 0.2) is 0 Å². The van der Waals surface area contributed by atoms with Crippen LogP contribution in [0.2, 0.25) is 5.02 Å². The molecular formula is C18H17ClN2. The Hall–Kier alpha value is -1.77. The first-order chi connectivity index (χ1) is 10.3. The average Bonchev–Trinajstić information content (AvgIpc) is 2.67. The van der Waals surface area contributed by atoms with Gasteiger partial charge in [0.25, 0.3) is 0 Å². The fraction of sp³-hybridized carbons (Fsp3) is 0.222. The van der Waals surface area contributed by atoms with Crippen LogP contribution in [0.25, 0.3) is 22.0 Å². The van der Waals surface area contributed by atoms with Crippen molar-refractivity contribution in [3.05, 3.63) is 59.2 Å². The van der Waals surface area contributed by atoms with Gasteiger partial charge in [-0.2, -0.15) is 0 Å². The molecule has 3 aromatic rings. The summed E-state index contributed by atoms with van der Waals surface area (Å²) >= 11 is 6.10. The summed E-state index contributed by atoms with van der Waals surface area (Å²) in [4.78, 5) is 0. The molecular weight excluding hydrogens is 280 g/mol. The fourth-order valence-electron chi connectivity index (χ4n) is 3.18. The van der Waals surface area contributed by atoms with Crippen LogP contribution in [0, 0.1) is 0 Å². The van der Waals surface area contributed by atoms with E-state index in [-0.39, 0.29) is 0 Å². The van der Waals surface area contributed by atoms with Gasteiger partial charge in [-0.3, -0.25) is 0 Å². The van der Waals surface area contributed by atoms with E-state index in [4.69, 9.17) is 11.6 Å². The zero-order valence-corrected chi connectivity index (χ0v) is 12.5. The van der Waals surface area contributed by atoms with Gasteiger partial charge in [0.2, 0.25) is 0 Å². The Kier molecular flexibility index (Phi) is 3.21. The maximum atomic E-state index is 6.10. The molecule has 0 atom stereocenters. The zero-order valence-electron chi connectivity index (χ0n) is 11.8. The number of halogens is 1. The van der Waals surface area contributed by atoms with Gasteiger partial charge in [-0.1, -0.05) is 29.8 Å². The second-order valence-electron chi connectivity index (χ2n) is 5.57. The standard InChI is InChI=1S/C18H17ClN2/c19-16-3-1-2-13(11-16)14-4-5-18-15(10-14)12-17-6-7-20-8-9-21(17)18/h1-5,10-12,20H,6-9H2. The van der Waals surface area contributed by atoms with Crippen molar-refractivity contribution in [1.82, 2.24) is 9.88 Å². The molecule has 1 aromatic heterocycles. The predicted molar refractivity (Wildman–Crippen MR) is 89.0 cm³/mol. The number of rotatable bonds is 1. The first-order valence-electron chi connectivity index (χ1n) is 7.40. The van der Waals surface area contributed by atoms with Crippen LogP contribution in [0.1, 0.15) is 5.69 Å². The summed E-state index contributed by atoms with van der Waals surface area (Å²) in [5.41, 5.74) is 5.16. The molecule has 0 saturated carbocycles. The van der Waals surface area contributed by atoms with Gasteiger partial charge in [0, 0.05) is 47.7 Å². The molecule has 0 bridgehead atoms. The number of hydrogen-bond donors (Lipinski definition) is 1. The van der Waals surface area contributed by atoms with Gasteiger partial charge in [-0.15, -0.1) is 0 Å². The topological polar surface area (TPSA) is 17.0 Å². The van der Waals surface area contributed by atoms with E-state index in [2.05, 4.69) is 40.2 Å². The highest BCUT2D eigenvalue weighted by Crippen LogP contribution is 2.28. The van der Waals surface area contributed by atoms with Crippen molar-refractivity contribution < 1.29 is 0 Å². The minimum Gasteiger partial charge on any atom is -0.343 e. The summed E-state index contributed by atoms with van der Waals surface area (Å²) in [7, 11) is 0. The van der Waals surface area contributed by atoms with Crippen molar-refractivity contribution in [2.24, 2.45) is 0 Å². The molecule has 106 valence electrons. The third-order valence-electron chi connectivity index (χ3n) is 4.22. The molecule has 2 aromatic carbocycles. The third-order valence-corrected chi connectivity index (χ3v) is 4.45. The first-order valence-corrected chi connectivity index (χ1v) is 7.78. The Morgan fingerprint density at radius 2 is 1.86 bits per heavy atom. The van der Waals surface area contributed by atoms with Crippen LogP contribution >= 0.6 is 11.6 Å². The quantitative estimate of drug-likeness (QED) is 0.715. The highest BCUT2D eigenvalue weighted by Gasteiger charge is 2.12. The molecule has 1 N–H and O–H groups in total. The van der Waals surface area contributed by atoms with Gasteiger partial charge in [-0.25, -0.2) is 0 Å². The van der Waals surface area contributed by atoms with E-state index in [1.165, 1.54) is 27.7 Å². The second-order valence-corrected chi connectivity index (χ2v) is 6.01. The molecule has 0 radical (unpaired) electrons. The van der Waals surface area contributed by atoms with E-state index in [0.717, 1.165) is 31.1 Å². The number of nitrogens with zero attached hydrogens (tertiary/aromatic N) is 1. The second kappa shape index (κ2) is 5.21. The fourth-order valence-corrected chi connectivity index (χ4v) is 3.37. The van der Waals surface area contributed by atoms with Gasteiger partial charge < -0.3 is 9.88 Å². The number of hydrogen-bond acceptors (Lipinski definition) is 1. The van der Waals surface area contributed by atoms with E-state index < -0.39 is 0 Å². The zero-order chi connectivity index (χ0) is 14.2. The molecule has 0 saturated heterocycles. The van der Waals surface area contributed by atoms with E-state index >= 15 is 0 Å². The molecule has 0 unspecified atom stereocenters. The summed E-state index contributed by atoms with van der Waals surface area (Å²) < 4.78 is 2.44. The average molecular weight is 297 g/mol. The molecule has 21 heavy (non-hydrogen) atoms. The largest absolute Gasteiger partial charge is 0.343 e. The van der Waals surface area contributed by atoms with Gasteiger partial charge in [-0.05, 0) is 41.5 Å². The Balaban J connectivity index is 1.84. The molecule has 3 heteroatoms. The van der Waals surface area contributed by atoms with Crippen LogP contribution in [0.5, 0.6) is 0 Å². The van der Waals surface area contributed by atoms with Crippen molar-refractivity contribution in [3.63, 3.8) is 0 Å². The third kappa shape index (κ3) is 2.35. The molecule has 1 aliphatic rings. The minimum atomic E-state index is 0.784. The van der Waals surface area contributed by atoms with Crippen LogP contribution in [-0.2, 0) is 13.0 Å². The van der Waals surface area contributed by atoms with Crippen LogP contribution in [-0.4, -0.2) is 17.7 Å². The lowest BCUT2D eigenvalue weighted by Gasteiger charge is -2.07. The maximum Gasteiger partial charge on any atom is 0.0483 e. The molecule has 2 nitrogen and oxygen atoms in total. The lowest BCUT2D eigenvalue weighted by molar-refractivity contribution is 0.658. The lowest BCUT2D eigenvalue weighted by Crippen LogP contribution is -2.17. The highest BCUT2D eigenvalue weighted by atomic mass is 35.5.